The summed E-state index contributed by atoms with van der Waals surface area (Å²) in [6, 6.07) is 0. The zero-order valence-corrected chi connectivity index (χ0v) is 26.5. The monoisotopic (exact) mass is 442 g/mol. The Morgan fingerprint density at radius 3 is 0.786 bits per heavy atom. The van der Waals surface area contributed by atoms with Gasteiger partial charge in [-0.25, -0.2) is 0 Å². The second-order valence-electron chi connectivity index (χ2n) is 4.76. The summed E-state index contributed by atoms with van der Waals surface area (Å²) in [5.74, 6) is -4.33. The number of carboxylic acid groups (broad SMARTS) is 4. The van der Waals surface area contributed by atoms with Crippen LogP contribution in [0.15, 0.2) is 0 Å². The molecule has 144 valence electrons. The fraction of sp³-hybridized carbons (Fsp3) is 0.714. The third kappa shape index (κ3) is 143. The number of nitrogens with two attached hydrogens (primary N) is 2. The van der Waals surface area contributed by atoms with Gasteiger partial charge in [0, 0.05) is 23.9 Å². The molecule has 0 unspecified atom stereocenters. The van der Waals surface area contributed by atoms with Crippen LogP contribution in [0.5, 0.6) is 0 Å². The summed E-state index contributed by atoms with van der Waals surface area (Å²) < 4.78 is 0. The van der Waals surface area contributed by atoms with Crippen molar-refractivity contribution >= 4 is 23.9 Å². The molecular formula is C14H26N2Na4O8. The third-order valence-corrected chi connectivity index (χ3v) is 1.78. The molecule has 0 saturated heterocycles. The van der Waals surface area contributed by atoms with Crippen molar-refractivity contribution in [1.29, 1.82) is 0 Å². The molecule has 1 aliphatic rings. The minimum absolute atomic E-state index is 0. The summed E-state index contributed by atoms with van der Waals surface area (Å²) in [7, 11) is 0. The van der Waals surface area contributed by atoms with Gasteiger partial charge >= 0.3 is 118 Å². The number of rotatable bonds is 0. The van der Waals surface area contributed by atoms with Crippen LogP contribution in [0, 0.1) is 0 Å². The zero-order chi connectivity index (χ0) is 20.3. The maximum atomic E-state index is 8.89. The average Bonchev–Trinajstić information content (AvgIpc) is 2.24. The molecule has 1 aliphatic carbocycles. The van der Waals surface area contributed by atoms with Crippen LogP contribution in [0.25, 0.3) is 0 Å². The Hall–Kier alpha value is 1.80. The van der Waals surface area contributed by atoms with Gasteiger partial charge < -0.3 is 51.1 Å². The zero-order valence-electron chi connectivity index (χ0n) is 18.5. The molecule has 0 bridgehead atoms. The van der Waals surface area contributed by atoms with Crippen molar-refractivity contribution in [3.63, 3.8) is 0 Å². The fourth-order valence-corrected chi connectivity index (χ4v) is 1.21. The minimum Gasteiger partial charge on any atom is -0.550 e. The Balaban J connectivity index is -0.0000000300. The van der Waals surface area contributed by atoms with Gasteiger partial charge in [0.15, 0.2) is 0 Å². The molecule has 0 amide bonds. The smallest absolute Gasteiger partial charge is 0.550 e. The van der Waals surface area contributed by atoms with Gasteiger partial charge in [0.05, 0.1) is 5.66 Å². The first-order valence-electron chi connectivity index (χ1n) is 6.92. The second kappa shape index (κ2) is 36.2. The van der Waals surface area contributed by atoms with E-state index >= 15 is 0 Å². The molecule has 0 heterocycles. The molecule has 0 radical (unpaired) electrons. The minimum atomic E-state index is -1.08. The molecule has 0 aromatic heterocycles. The summed E-state index contributed by atoms with van der Waals surface area (Å²) in [6.45, 7) is 3.89. The Bertz CT molecular complexity index is 314. The van der Waals surface area contributed by atoms with Crippen molar-refractivity contribution in [3.8, 4) is 0 Å². The van der Waals surface area contributed by atoms with Gasteiger partial charge in [0.25, 0.3) is 0 Å². The molecular weight excluding hydrogens is 416 g/mol. The molecule has 0 aromatic rings. The van der Waals surface area contributed by atoms with Crippen LogP contribution < -0.4 is 150 Å². The van der Waals surface area contributed by atoms with E-state index in [9.17, 15) is 0 Å². The fourth-order valence-electron chi connectivity index (χ4n) is 1.21. The van der Waals surface area contributed by atoms with Gasteiger partial charge in [-0.15, -0.1) is 0 Å². The van der Waals surface area contributed by atoms with Crippen molar-refractivity contribution in [2.75, 3.05) is 0 Å². The normalized spacial score (nSPS) is 11.5. The van der Waals surface area contributed by atoms with Gasteiger partial charge in [-0.2, -0.15) is 0 Å². The van der Waals surface area contributed by atoms with E-state index in [2.05, 4.69) is 0 Å². The van der Waals surface area contributed by atoms with Crippen LogP contribution in [-0.4, -0.2) is 29.5 Å². The van der Waals surface area contributed by atoms with E-state index in [1.54, 1.807) is 0 Å². The largest absolute Gasteiger partial charge is 1.00 e. The first-order chi connectivity index (χ1) is 10.6. The van der Waals surface area contributed by atoms with E-state index in [-0.39, 0.29) is 124 Å². The topological polar surface area (TPSA) is 213 Å². The Labute approximate surface area is 255 Å². The predicted molar refractivity (Wildman–Crippen MR) is 76.9 cm³/mol. The van der Waals surface area contributed by atoms with Crippen molar-refractivity contribution < 1.29 is 158 Å². The van der Waals surface area contributed by atoms with Gasteiger partial charge in [0.1, 0.15) is 0 Å². The number of aliphatic carboxylic acids is 4. The molecule has 28 heavy (non-hydrogen) atoms. The summed E-state index contributed by atoms with van der Waals surface area (Å²) in [4.78, 5) is 35.6. The predicted octanol–water partition coefficient (Wildman–Crippen LogP) is -16.4. The molecule has 1 rings (SSSR count). The Morgan fingerprint density at radius 1 is 0.571 bits per heavy atom. The molecule has 0 atom stereocenters. The molecule has 0 spiro atoms. The Kier molecular flexibility index (Phi) is 67.2. The molecule has 1 saturated carbocycles. The SMILES string of the molecule is CC(=O)[O-].CC(=O)[O-].CC(=O)[O-].CC(=O)[O-].NC1(N)CCCCC1.[Na+].[Na+].[Na+].[Na+]. The van der Waals surface area contributed by atoms with Crippen LogP contribution >= 0.6 is 0 Å². The van der Waals surface area contributed by atoms with E-state index < -0.39 is 23.9 Å². The third-order valence-electron chi connectivity index (χ3n) is 1.78. The van der Waals surface area contributed by atoms with Crippen molar-refractivity contribution in [2.24, 2.45) is 11.5 Å². The van der Waals surface area contributed by atoms with Crippen LogP contribution in [0.4, 0.5) is 0 Å². The first kappa shape index (κ1) is 52.0. The van der Waals surface area contributed by atoms with Gasteiger partial charge in [-0.05, 0) is 40.5 Å². The van der Waals surface area contributed by atoms with Crippen molar-refractivity contribution in [3.05, 3.63) is 0 Å². The maximum Gasteiger partial charge on any atom is 1.00 e. The van der Waals surface area contributed by atoms with E-state index in [1.807, 2.05) is 0 Å². The second-order valence-corrected chi connectivity index (χ2v) is 4.76. The van der Waals surface area contributed by atoms with Crippen LogP contribution in [0.2, 0.25) is 0 Å². The Morgan fingerprint density at radius 2 is 0.714 bits per heavy atom. The van der Waals surface area contributed by atoms with Crippen LogP contribution in [0.1, 0.15) is 59.8 Å². The van der Waals surface area contributed by atoms with E-state index in [1.165, 1.54) is 19.3 Å². The van der Waals surface area contributed by atoms with Crippen LogP contribution in [0.3, 0.4) is 0 Å². The number of carbonyl (C=O) groups is 4. The quantitative estimate of drug-likeness (QED) is 0.267. The van der Waals surface area contributed by atoms with Gasteiger partial charge in [-0.1, -0.05) is 19.3 Å². The average molecular weight is 442 g/mol. The number of carboxylic acids is 4. The number of hydrogen-bond donors (Lipinski definition) is 2. The summed E-state index contributed by atoms with van der Waals surface area (Å²) in [5.41, 5.74) is 11.0. The van der Waals surface area contributed by atoms with Gasteiger partial charge in [-0.3, -0.25) is 0 Å². The number of carbonyl (C=O) groups excluding carboxylic acids is 4. The molecule has 10 nitrogen and oxygen atoms in total. The molecule has 1 fully saturated rings. The summed E-state index contributed by atoms with van der Waals surface area (Å²) >= 11 is 0. The summed E-state index contributed by atoms with van der Waals surface area (Å²) in [6.07, 6.45) is 5.76. The molecule has 0 aliphatic heterocycles. The van der Waals surface area contributed by atoms with E-state index in [0.29, 0.717) is 0 Å². The number of hydrogen-bond acceptors (Lipinski definition) is 10. The van der Waals surface area contributed by atoms with E-state index in [4.69, 9.17) is 51.1 Å². The van der Waals surface area contributed by atoms with Gasteiger partial charge in [0.2, 0.25) is 0 Å². The first-order valence-corrected chi connectivity index (χ1v) is 6.92. The summed E-state index contributed by atoms with van der Waals surface area (Å²) in [5, 5.41) is 35.6. The molecule has 4 N–H and O–H groups in total. The van der Waals surface area contributed by atoms with Crippen LogP contribution in [-0.2, 0) is 19.2 Å². The standard InChI is InChI=1S/C6H14N2.4C2H4O2.4Na/c7-6(8)4-2-1-3-5-6;4*1-2(3)4;;;;/h1-5,7-8H2;4*1H3,(H,3,4);;;;/q;;;;;4*+1/p-4. The molecule has 0 aromatic carbocycles. The maximum absolute atomic E-state index is 8.89. The van der Waals surface area contributed by atoms with E-state index in [0.717, 1.165) is 40.5 Å². The van der Waals surface area contributed by atoms with Crippen molar-refractivity contribution in [1.82, 2.24) is 0 Å². The van der Waals surface area contributed by atoms with Crippen molar-refractivity contribution in [2.45, 2.75) is 65.5 Å². The molecule has 14 heteroatoms.